The van der Waals surface area contributed by atoms with Crippen LogP contribution in [-0.4, -0.2) is 129 Å². The van der Waals surface area contributed by atoms with Gasteiger partial charge in [0.05, 0.1) is 26.4 Å². The zero-order valence-corrected chi connectivity index (χ0v) is 21.0. The van der Waals surface area contributed by atoms with E-state index in [1.54, 1.807) is 12.1 Å². The monoisotopic (exact) mass is 538 g/mol. The van der Waals surface area contributed by atoms with E-state index >= 15 is 0 Å². The molecule has 0 radical (unpaired) electrons. The largest absolute Gasteiger partial charge is 0.394 e. The second kappa shape index (κ2) is 13.8. The van der Waals surface area contributed by atoms with Crippen molar-refractivity contribution >= 4 is 0 Å². The van der Waals surface area contributed by atoms with E-state index in [0.29, 0.717) is 22.3 Å². The van der Waals surface area contributed by atoms with E-state index in [2.05, 4.69) is 23.7 Å². The van der Waals surface area contributed by atoms with Gasteiger partial charge in [-0.25, -0.2) is 0 Å². The lowest BCUT2D eigenvalue weighted by molar-refractivity contribution is -0.214. The molecule has 2 aliphatic heterocycles. The van der Waals surface area contributed by atoms with Crippen LogP contribution in [0, 0.1) is 23.7 Å². The van der Waals surface area contributed by atoms with Crippen molar-refractivity contribution in [2.45, 2.75) is 74.3 Å². The predicted molar refractivity (Wildman–Crippen MR) is 129 cm³/mol. The van der Waals surface area contributed by atoms with Crippen molar-refractivity contribution in [3.8, 4) is 23.7 Å². The van der Waals surface area contributed by atoms with Crippen LogP contribution in [-0.2, 0) is 32.2 Å². The first-order chi connectivity index (χ1) is 18.2. The van der Waals surface area contributed by atoms with Gasteiger partial charge in [-0.3, -0.25) is 0 Å². The van der Waals surface area contributed by atoms with Gasteiger partial charge in [0.2, 0.25) is 0 Å². The summed E-state index contributed by atoms with van der Waals surface area (Å²) in [4.78, 5) is 0. The highest BCUT2D eigenvalue weighted by Crippen LogP contribution is 2.24. The Bertz CT molecular complexity index is 968. The van der Waals surface area contributed by atoms with Crippen LogP contribution in [0.1, 0.15) is 22.3 Å². The summed E-state index contributed by atoms with van der Waals surface area (Å²) in [6, 6.07) is 3.37. The van der Waals surface area contributed by atoms with E-state index in [4.69, 9.17) is 18.9 Å². The van der Waals surface area contributed by atoms with E-state index < -0.39 is 74.3 Å². The van der Waals surface area contributed by atoms with Crippen molar-refractivity contribution < 1.29 is 59.8 Å². The third-order valence-corrected chi connectivity index (χ3v) is 6.41. The molecule has 0 aliphatic carbocycles. The number of rotatable bonds is 6. The fourth-order valence-electron chi connectivity index (χ4n) is 4.21. The van der Waals surface area contributed by atoms with E-state index in [0.717, 1.165) is 0 Å². The zero-order valence-electron chi connectivity index (χ0n) is 21.0. The van der Waals surface area contributed by atoms with Crippen LogP contribution in [0.25, 0.3) is 0 Å². The Morgan fingerprint density at radius 3 is 1.32 bits per heavy atom. The summed E-state index contributed by atoms with van der Waals surface area (Å²) < 4.78 is 21.5. The summed E-state index contributed by atoms with van der Waals surface area (Å²) in [6.07, 6.45) is -13.6. The van der Waals surface area contributed by atoms with Gasteiger partial charge >= 0.3 is 0 Å². The number of methoxy groups -OCH3 is 2. The molecule has 38 heavy (non-hydrogen) atoms. The summed E-state index contributed by atoms with van der Waals surface area (Å²) >= 11 is 0. The Morgan fingerprint density at radius 2 is 1.00 bits per heavy atom. The lowest BCUT2D eigenvalue weighted by Crippen LogP contribution is -2.58. The zero-order chi connectivity index (χ0) is 28.0. The third-order valence-electron chi connectivity index (χ3n) is 6.41. The molecule has 1 aromatic carbocycles. The topological polar surface area (TPSA) is 199 Å². The molecule has 0 aromatic heterocycles. The van der Waals surface area contributed by atoms with Crippen molar-refractivity contribution in [1.82, 2.24) is 0 Å². The standard InChI is InChI=1S/C26H34O12/c1-35-11-15-7-14(4-6-18-22(30)26(34)24(32)20(10-28)38-18)16(12-36-2)8-13(15)3-5-17-21(29)25(33)23(31)19(9-27)37-17/h7-8,17-34H,9-12H2,1-2H3. The van der Waals surface area contributed by atoms with Gasteiger partial charge < -0.3 is 59.8 Å². The highest BCUT2D eigenvalue weighted by atomic mass is 16.6. The Balaban J connectivity index is 1.95. The number of hydrogen-bond acceptors (Lipinski definition) is 12. The maximum absolute atomic E-state index is 10.3. The Hall–Kier alpha value is -2.14. The number of benzene rings is 1. The van der Waals surface area contributed by atoms with Crippen LogP contribution in [0.4, 0.5) is 0 Å². The molecular weight excluding hydrogens is 504 g/mol. The minimum absolute atomic E-state index is 0.126. The molecule has 0 saturated carbocycles. The number of ether oxygens (including phenoxy) is 4. The van der Waals surface area contributed by atoms with Crippen LogP contribution in [0.15, 0.2) is 12.1 Å². The average molecular weight is 539 g/mol. The first kappa shape index (κ1) is 30.4. The normalized spacial score (nSPS) is 35.1. The first-order valence-corrected chi connectivity index (χ1v) is 11.9. The van der Waals surface area contributed by atoms with Crippen molar-refractivity contribution in [1.29, 1.82) is 0 Å². The highest BCUT2D eigenvalue weighted by molar-refractivity contribution is 5.52. The van der Waals surface area contributed by atoms with Crippen molar-refractivity contribution in [3.05, 3.63) is 34.4 Å². The van der Waals surface area contributed by atoms with Gasteiger partial charge in [-0.15, -0.1) is 0 Å². The molecule has 0 spiro atoms. The lowest BCUT2D eigenvalue weighted by Gasteiger charge is -2.37. The molecule has 1 aromatic rings. The Kier molecular flexibility index (Phi) is 11.0. The second-order valence-corrected chi connectivity index (χ2v) is 9.07. The second-order valence-electron chi connectivity index (χ2n) is 9.07. The molecule has 2 saturated heterocycles. The van der Waals surface area contributed by atoms with Crippen LogP contribution in [0.3, 0.4) is 0 Å². The van der Waals surface area contributed by atoms with Crippen molar-refractivity contribution in [3.63, 3.8) is 0 Å². The molecule has 10 atom stereocenters. The minimum atomic E-state index is -1.55. The van der Waals surface area contributed by atoms with Gasteiger partial charge in [-0.2, -0.15) is 0 Å². The summed E-state index contributed by atoms with van der Waals surface area (Å²) in [6.45, 7) is -0.892. The molecular formula is C26H34O12. The summed E-state index contributed by atoms with van der Waals surface area (Å²) in [5.41, 5.74) is 2.16. The van der Waals surface area contributed by atoms with Crippen molar-refractivity contribution in [2.75, 3.05) is 27.4 Å². The van der Waals surface area contributed by atoms with Crippen LogP contribution < -0.4 is 0 Å². The maximum Gasteiger partial charge on any atom is 0.147 e. The molecule has 10 unspecified atom stereocenters. The van der Waals surface area contributed by atoms with Crippen molar-refractivity contribution in [2.24, 2.45) is 0 Å². The van der Waals surface area contributed by atoms with Crippen LogP contribution >= 0.6 is 0 Å². The Labute approximate surface area is 220 Å². The summed E-state index contributed by atoms with van der Waals surface area (Å²) in [5.74, 6) is 11.3. The van der Waals surface area contributed by atoms with Gasteiger partial charge in [-0.1, -0.05) is 23.7 Å². The molecule has 2 fully saturated rings. The molecule has 0 amide bonds. The molecule has 8 N–H and O–H groups in total. The fourth-order valence-corrected chi connectivity index (χ4v) is 4.21. The summed E-state index contributed by atoms with van der Waals surface area (Å²) in [5, 5.41) is 79.3. The first-order valence-electron chi connectivity index (χ1n) is 11.9. The fraction of sp³-hybridized carbons (Fsp3) is 0.615. The molecule has 0 bridgehead atoms. The number of aliphatic hydroxyl groups is 8. The van der Waals surface area contributed by atoms with E-state index in [-0.39, 0.29) is 13.2 Å². The average Bonchev–Trinajstić information content (AvgIpc) is 2.91. The van der Waals surface area contributed by atoms with Crippen LogP contribution in [0.2, 0.25) is 0 Å². The number of aliphatic hydroxyl groups excluding tert-OH is 8. The minimum Gasteiger partial charge on any atom is -0.394 e. The van der Waals surface area contributed by atoms with Gasteiger partial charge in [0, 0.05) is 25.3 Å². The van der Waals surface area contributed by atoms with E-state index in [9.17, 15) is 40.9 Å². The number of hydrogen-bond donors (Lipinski definition) is 8. The van der Waals surface area contributed by atoms with Crippen LogP contribution in [0.5, 0.6) is 0 Å². The van der Waals surface area contributed by atoms with E-state index in [1.807, 2.05) is 0 Å². The maximum atomic E-state index is 10.3. The van der Waals surface area contributed by atoms with Gasteiger partial charge in [0.1, 0.15) is 61.0 Å². The molecule has 3 rings (SSSR count). The predicted octanol–water partition coefficient (Wildman–Crippen LogP) is -3.63. The van der Waals surface area contributed by atoms with Gasteiger partial charge in [0.15, 0.2) is 0 Å². The quantitative estimate of drug-likeness (QED) is 0.166. The van der Waals surface area contributed by atoms with E-state index in [1.165, 1.54) is 14.2 Å². The molecule has 2 heterocycles. The Morgan fingerprint density at radius 1 is 0.632 bits per heavy atom. The van der Waals surface area contributed by atoms with Gasteiger partial charge in [-0.05, 0) is 23.3 Å². The highest BCUT2D eigenvalue weighted by Gasteiger charge is 2.43. The molecule has 12 nitrogen and oxygen atoms in total. The summed E-state index contributed by atoms with van der Waals surface area (Å²) in [7, 11) is 2.97. The van der Waals surface area contributed by atoms with Gasteiger partial charge in [0.25, 0.3) is 0 Å². The smallest absolute Gasteiger partial charge is 0.147 e. The molecule has 2 aliphatic rings. The SMILES string of the molecule is COCc1cc(C#CC2OC(CO)C(O)C(O)C2O)c(COC)cc1C#CC1OC(CO)C(O)C(O)C1O. The third kappa shape index (κ3) is 6.70. The molecule has 210 valence electrons. The lowest BCUT2D eigenvalue weighted by atomic mass is 9.94. The molecule has 12 heteroatoms.